The number of aliphatic imine (C=N–C) groups is 1. The van der Waals surface area contributed by atoms with E-state index in [4.69, 9.17) is 0 Å². The van der Waals surface area contributed by atoms with E-state index in [0.717, 1.165) is 28.1 Å². The number of pyridine rings is 1. The van der Waals surface area contributed by atoms with E-state index in [9.17, 15) is 0 Å². The van der Waals surface area contributed by atoms with Gasteiger partial charge in [0, 0.05) is 18.0 Å². The highest BCUT2D eigenvalue weighted by Crippen LogP contribution is 2.22. The monoisotopic (exact) mass is 210 g/mol. The zero-order valence-electron chi connectivity index (χ0n) is 9.57. The van der Waals surface area contributed by atoms with Crippen molar-refractivity contribution >= 4 is 11.8 Å². The highest BCUT2D eigenvalue weighted by molar-refractivity contribution is 6.17. The van der Waals surface area contributed by atoms with Gasteiger partial charge in [-0.3, -0.25) is 9.98 Å². The van der Waals surface area contributed by atoms with Crippen molar-refractivity contribution in [2.75, 3.05) is 0 Å². The second kappa shape index (κ2) is 4.27. The van der Waals surface area contributed by atoms with Gasteiger partial charge in [-0.1, -0.05) is 24.8 Å². The van der Waals surface area contributed by atoms with Crippen molar-refractivity contribution in [3.8, 4) is 0 Å². The van der Waals surface area contributed by atoms with Crippen LogP contribution >= 0.6 is 0 Å². The molecule has 0 aliphatic heterocycles. The van der Waals surface area contributed by atoms with E-state index < -0.39 is 0 Å². The van der Waals surface area contributed by atoms with Crippen LogP contribution in [0.3, 0.4) is 0 Å². The van der Waals surface area contributed by atoms with Gasteiger partial charge in [0.15, 0.2) is 0 Å². The van der Waals surface area contributed by atoms with E-state index in [1.165, 1.54) is 0 Å². The molecule has 0 aromatic carbocycles. The lowest BCUT2D eigenvalue weighted by Crippen LogP contribution is -2.11. The SMILES string of the molecule is C=CN=C1/C(=C\C)C=Cc2cc(C)cnc21. The Morgan fingerprint density at radius 1 is 1.38 bits per heavy atom. The minimum absolute atomic E-state index is 0.898. The van der Waals surface area contributed by atoms with E-state index in [1.54, 1.807) is 6.20 Å². The van der Waals surface area contributed by atoms with Gasteiger partial charge in [-0.15, -0.1) is 0 Å². The van der Waals surface area contributed by atoms with Gasteiger partial charge in [0.05, 0.1) is 11.4 Å². The third-order valence-electron chi connectivity index (χ3n) is 2.53. The number of nitrogens with zero attached hydrogens (tertiary/aromatic N) is 2. The standard InChI is InChI=1S/C14H14N2/c1-4-11-6-7-12-8-10(3)9-16-14(12)13(11)15-5-2/h4-9H,2H2,1,3H3/b11-4-,15-13?. The van der Waals surface area contributed by atoms with Crippen LogP contribution < -0.4 is 0 Å². The molecule has 0 spiro atoms. The highest BCUT2D eigenvalue weighted by Gasteiger charge is 2.16. The first kappa shape index (κ1) is 10.6. The van der Waals surface area contributed by atoms with Gasteiger partial charge < -0.3 is 0 Å². The van der Waals surface area contributed by atoms with Crippen LogP contribution in [0.5, 0.6) is 0 Å². The molecule has 0 unspecified atom stereocenters. The largest absolute Gasteiger partial charge is 0.255 e. The van der Waals surface area contributed by atoms with Crippen molar-refractivity contribution in [2.24, 2.45) is 4.99 Å². The van der Waals surface area contributed by atoms with Crippen molar-refractivity contribution in [3.05, 3.63) is 59.6 Å². The van der Waals surface area contributed by atoms with Crippen LogP contribution in [-0.2, 0) is 0 Å². The predicted octanol–water partition coefficient (Wildman–Crippen LogP) is 3.30. The van der Waals surface area contributed by atoms with Crippen LogP contribution in [-0.4, -0.2) is 10.7 Å². The number of fused-ring (bicyclic) bond motifs is 1. The summed E-state index contributed by atoms with van der Waals surface area (Å²) in [4.78, 5) is 8.75. The average molecular weight is 210 g/mol. The molecule has 2 heteroatoms. The first-order valence-electron chi connectivity index (χ1n) is 5.26. The summed E-state index contributed by atoms with van der Waals surface area (Å²) in [5.74, 6) is 0. The van der Waals surface area contributed by atoms with Gasteiger partial charge in [-0.25, -0.2) is 0 Å². The van der Waals surface area contributed by atoms with E-state index in [-0.39, 0.29) is 0 Å². The molecule has 0 fully saturated rings. The molecular formula is C14H14N2. The summed E-state index contributed by atoms with van der Waals surface area (Å²) in [6.45, 7) is 7.68. The number of hydrogen-bond donors (Lipinski definition) is 0. The van der Waals surface area contributed by atoms with E-state index >= 15 is 0 Å². The van der Waals surface area contributed by atoms with Crippen LogP contribution in [0.1, 0.15) is 23.7 Å². The van der Waals surface area contributed by atoms with Crippen molar-refractivity contribution in [1.29, 1.82) is 0 Å². The molecule has 0 amide bonds. The minimum atomic E-state index is 0.898. The molecule has 1 aliphatic rings. The number of hydrogen-bond acceptors (Lipinski definition) is 2. The third kappa shape index (κ3) is 1.74. The Hall–Kier alpha value is -1.96. The summed E-state index contributed by atoms with van der Waals surface area (Å²) in [6.07, 6.45) is 9.59. The molecular weight excluding hydrogens is 196 g/mol. The molecule has 1 aromatic rings. The molecule has 80 valence electrons. The molecule has 1 heterocycles. The maximum atomic E-state index is 4.45. The Morgan fingerprint density at radius 2 is 2.19 bits per heavy atom. The topological polar surface area (TPSA) is 25.2 Å². The lowest BCUT2D eigenvalue weighted by Gasteiger charge is -2.14. The number of aromatic nitrogens is 1. The van der Waals surface area contributed by atoms with Crippen molar-refractivity contribution in [2.45, 2.75) is 13.8 Å². The van der Waals surface area contributed by atoms with Crippen LogP contribution in [0.25, 0.3) is 6.08 Å². The van der Waals surface area contributed by atoms with Crippen LogP contribution in [0.2, 0.25) is 0 Å². The number of rotatable bonds is 1. The number of aryl methyl sites for hydroxylation is 1. The molecule has 0 saturated carbocycles. The Balaban J connectivity index is 2.65. The van der Waals surface area contributed by atoms with Crippen LogP contribution in [0.4, 0.5) is 0 Å². The zero-order valence-corrected chi connectivity index (χ0v) is 9.57. The first-order valence-corrected chi connectivity index (χ1v) is 5.26. The third-order valence-corrected chi connectivity index (χ3v) is 2.53. The number of allylic oxidation sites excluding steroid dienone is 3. The highest BCUT2D eigenvalue weighted by atomic mass is 14.8. The van der Waals surface area contributed by atoms with Crippen LogP contribution in [0.15, 0.2) is 47.8 Å². The molecule has 1 aromatic heterocycles. The van der Waals surface area contributed by atoms with Gasteiger partial charge in [0.2, 0.25) is 0 Å². The summed E-state index contributed by atoms with van der Waals surface area (Å²) >= 11 is 0. The second-order valence-corrected chi connectivity index (χ2v) is 3.69. The Kier molecular flexibility index (Phi) is 2.82. The summed E-state index contributed by atoms with van der Waals surface area (Å²) < 4.78 is 0. The lowest BCUT2D eigenvalue weighted by atomic mass is 9.95. The van der Waals surface area contributed by atoms with Gasteiger partial charge in [-0.05, 0) is 31.1 Å². The maximum absolute atomic E-state index is 4.45. The van der Waals surface area contributed by atoms with Gasteiger partial charge in [0.25, 0.3) is 0 Å². The molecule has 16 heavy (non-hydrogen) atoms. The van der Waals surface area contributed by atoms with Crippen molar-refractivity contribution in [1.82, 2.24) is 4.98 Å². The summed E-state index contributed by atoms with van der Waals surface area (Å²) in [7, 11) is 0. The normalized spacial score (nSPS) is 18.9. The van der Waals surface area contributed by atoms with Gasteiger partial charge in [0.1, 0.15) is 0 Å². The fourth-order valence-corrected chi connectivity index (χ4v) is 1.77. The summed E-state index contributed by atoms with van der Waals surface area (Å²) in [6, 6.07) is 2.11. The van der Waals surface area contributed by atoms with E-state index in [2.05, 4.69) is 34.8 Å². The quantitative estimate of drug-likeness (QED) is 0.698. The Bertz CT molecular complexity index is 520. The lowest BCUT2D eigenvalue weighted by molar-refractivity contribution is 1.22. The smallest absolute Gasteiger partial charge is 0.0964 e. The van der Waals surface area contributed by atoms with Gasteiger partial charge >= 0.3 is 0 Å². The molecule has 2 nitrogen and oxygen atoms in total. The van der Waals surface area contributed by atoms with Crippen molar-refractivity contribution < 1.29 is 0 Å². The van der Waals surface area contributed by atoms with Gasteiger partial charge in [-0.2, -0.15) is 0 Å². The fourth-order valence-electron chi connectivity index (χ4n) is 1.77. The zero-order chi connectivity index (χ0) is 11.5. The summed E-state index contributed by atoms with van der Waals surface area (Å²) in [5, 5.41) is 0. The second-order valence-electron chi connectivity index (χ2n) is 3.69. The average Bonchev–Trinajstić information content (AvgIpc) is 2.29. The molecule has 0 saturated heterocycles. The molecule has 0 N–H and O–H groups in total. The Labute approximate surface area is 95.8 Å². The minimum Gasteiger partial charge on any atom is -0.255 e. The first-order chi connectivity index (χ1) is 7.76. The molecule has 1 aliphatic carbocycles. The molecule has 0 radical (unpaired) electrons. The van der Waals surface area contributed by atoms with Crippen LogP contribution in [0, 0.1) is 6.92 Å². The molecule has 2 rings (SSSR count). The van der Waals surface area contributed by atoms with E-state index in [0.29, 0.717) is 0 Å². The maximum Gasteiger partial charge on any atom is 0.0964 e. The van der Waals surface area contributed by atoms with E-state index in [1.807, 2.05) is 26.1 Å². The fraction of sp³-hybridized carbons (Fsp3) is 0.143. The van der Waals surface area contributed by atoms with Crippen molar-refractivity contribution in [3.63, 3.8) is 0 Å². The summed E-state index contributed by atoms with van der Waals surface area (Å²) in [5.41, 5.74) is 5.19. The Morgan fingerprint density at radius 3 is 2.88 bits per heavy atom. The molecule has 0 atom stereocenters. The predicted molar refractivity (Wildman–Crippen MR) is 68.5 cm³/mol. The molecule has 0 bridgehead atoms.